The van der Waals surface area contributed by atoms with Crippen molar-refractivity contribution < 1.29 is 40.4 Å². The monoisotopic (exact) mass is 800 g/mol. The molecular weight excluding hydrogens is 767 g/mol. The number of amides is 1. The molecule has 0 aliphatic carbocycles. The maximum absolute atomic E-state index is 13.4. The number of halogens is 4. The molecule has 0 radical (unpaired) electrons. The van der Waals surface area contributed by atoms with Gasteiger partial charge in [-0.3, -0.25) is 14.2 Å². The highest BCUT2D eigenvalue weighted by molar-refractivity contribution is 7.88. The van der Waals surface area contributed by atoms with Gasteiger partial charge >= 0.3 is 16.3 Å². The first-order valence-corrected chi connectivity index (χ1v) is 19.1. The van der Waals surface area contributed by atoms with Crippen LogP contribution in [-0.4, -0.2) is 77.2 Å². The fourth-order valence-corrected chi connectivity index (χ4v) is 8.22. The average molecular weight is 801 g/mol. The highest BCUT2D eigenvalue weighted by Gasteiger charge is 2.28. The molecule has 4 heterocycles. The molecule has 2 N–H and O–H groups in total. The molecule has 7 rings (SSSR count). The van der Waals surface area contributed by atoms with Gasteiger partial charge in [0.2, 0.25) is 5.88 Å². The van der Waals surface area contributed by atoms with Gasteiger partial charge in [0, 0.05) is 67.1 Å². The Bertz CT molecular complexity index is 2390. The lowest BCUT2D eigenvalue weighted by Crippen LogP contribution is -2.48. The van der Waals surface area contributed by atoms with Crippen molar-refractivity contribution in [1.82, 2.24) is 19.4 Å². The Morgan fingerprint density at radius 1 is 0.981 bits per heavy atom. The smallest absolute Gasteiger partial charge is 0.422 e. The molecule has 6 aromatic rings. The van der Waals surface area contributed by atoms with E-state index >= 15 is 0 Å². The number of ether oxygens (including phenoxy) is 2. The summed E-state index contributed by atoms with van der Waals surface area (Å²) >= 11 is 6.85. The van der Waals surface area contributed by atoms with E-state index in [9.17, 15) is 26.4 Å². The number of pyridine rings is 1. The van der Waals surface area contributed by atoms with E-state index in [-0.39, 0.29) is 15.9 Å². The van der Waals surface area contributed by atoms with E-state index in [4.69, 9.17) is 31.4 Å². The van der Waals surface area contributed by atoms with Crippen molar-refractivity contribution in [2.45, 2.75) is 23.9 Å². The SMILES string of the molecule is Cc1c(S(=O)(=O)O)sc2ccc(Cl)cc12.Cn1c(C(=O)N2CCN(Cc3ccc(OCC(F)(F)F)cc3)CC2)cc2ccc(Oc3ccc([NH-])cn3)cc21. The predicted octanol–water partition coefficient (Wildman–Crippen LogP) is 9.06. The number of thiophene rings is 1. The summed E-state index contributed by atoms with van der Waals surface area (Å²) in [6, 6.07) is 22.4. The summed E-state index contributed by atoms with van der Waals surface area (Å²) in [5.41, 5.74) is 10.8. The molecule has 0 spiro atoms. The number of benzene rings is 3. The molecule has 0 unspecified atom stereocenters. The topological polar surface area (TPSA) is 138 Å². The van der Waals surface area contributed by atoms with E-state index in [1.165, 1.54) is 6.20 Å². The van der Waals surface area contributed by atoms with Gasteiger partial charge in [-0.25, -0.2) is 4.98 Å². The Morgan fingerprint density at radius 2 is 1.69 bits per heavy atom. The largest absolute Gasteiger partial charge is 0.697 e. The van der Waals surface area contributed by atoms with Crippen LogP contribution < -0.4 is 9.47 Å². The molecule has 0 atom stereocenters. The first kappa shape index (κ1) is 38.8. The van der Waals surface area contributed by atoms with Gasteiger partial charge < -0.3 is 24.7 Å². The van der Waals surface area contributed by atoms with E-state index in [1.54, 1.807) is 61.5 Å². The summed E-state index contributed by atoms with van der Waals surface area (Å²) in [4.78, 5) is 21.5. The fourth-order valence-electron chi connectivity index (χ4n) is 5.94. The average Bonchev–Trinajstić information content (AvgIpc) is 3.64. The molecule has 1 saturated heterocycles. The maximum atomic E-state index is 13.4. The lowest BCUT2D eigenvalue weighted by atomic mass is 10.2. The number of nitrogens with zero attached hydrogens (tertiary/aromatic N) is 4. The van der Waals surface area contributed by atoms with Crippen molar-refractivity contribution in [3.8, 4) is 17.4 Å². The number of nitrogens with one attached hydrogen (secondary N) is 1. The van der Waals surface area contributed by atoms with Crippen LogP contribution in [0.1, 0.15) is 21.6 Å². The number of aromatic nitrogens is 2. The number of rotatable bonds is 8. The summed E-state index contributed by atoms with van der Waals surface area (Å²) in [5.74, 6) is 1.11. The molecule has 3 aromatic heterocycles. The van der Waals surface area contributed by atoms with Gasteiger partial charge in [0.25, 0.3) is 5.91 Å². The van der Waals surface area contributed by atoms with E-state index in [0.717, 1.165) is 37.9 Å². The van der Waals surface area contributed by atoms with Crippen molar-refractivity contribution in [2.24, 2.45) is 7.05 Å². The Kier molecular flexibility index (Phi) is 11.4. The number of carbonyl (C=O) groups is 1. The molecule has 11 nitrogen and oxygen atoms in total. The van der Waals surface area contributed by atoms with Gasteiger partial charge in [0.1, 0.15) is 17.2 Å². The minimum absolute atomic E-state index is 0.0141. The Morgan fingerprint density at radius 3 is 2.33 bits per heavy atom. The Labute approximate surface area is 318 Å². The molecule has 1 aliphatic rings. The number of alkyl halides is 3. The Hall–Kier alpha value is -4.87. The molecule has 1 fully saturated rings. The van der Waals surface area contributed by atoms with Gasteiger partial charge in [0.15, 0.2) is 10.8 Å². The second kappa shape index (κ2) is 15.8. The third-order valence-electron chi connectivity index (χ3n) is 8.67. The van der Waals surface area contributed by atoms with Crippen molar-refractivity contribution in [3.63, 3.8) is 0 Å². The van der Waals surface area contributed by atoms with Crippen molar-refractivity contribution in [2.75, 3.05) is 32.8 Å². The van der Waals surface area contributed by atoms with Crippen molar-refractivity contribution in [1.29, 1.82) is 0 Å². The van der Waals surface area contributed by atoms with E-state index in [0.29, 0.717) is 66.3 Å². The van der Waals surface area contributed by atoms with Gasteiger partial charge in [-0.15, -0.1) is 17.0 Å². The molecule has 54 heavy (non-hydrogen) atoms. The molecule has 0 saturated carbocycles. The lowest BCUT2D eigenvalue weighted by molar-refractivity contribution is -0.153. The number of hydrogen-bond acceptors (Lipinski definition) is 8. The van der Waals surface area contributed by atoms with Crippen LogP contribution in [0.2, 0.25) is 5.02 Å². The van der Waals surface area contributed by atoms with E-state index in [2.05, 4.69) is 9.88 Å². The van der Waals surface area contributed by atoms with E-state index < -0.39 is 22.9 Å². The van der Waals surface area contributed by atoms with Crippen molar-refractivity contribution >= 4 is 65.6 Å². The second-order valence-electron chi connectivity index (χ2n) is 12.5. The number of aryl methyl sites for hydroxylation is 2. The summed E-state index contributed by atoms with van der Waals surface area (Å²) < 4.78 is 81.3. The molecule has 17 heteroatoms. The maximum Gasteiger partial charge on any atom is 0.422 e. The number of hydrogen-bond donors (Lipinski definition) is 1. The number of piperazine rings is 1. The highest BCUT2D eigenvalue weighted by atomic mass is 35.5. The van der Waals surface area contributed by atoms with Crippen LogP contribution in [0.5, 0.6) is 17.4 Å². The summed E-state index contributed by atoms with van der Waals surface area (Å²) in [6.45, 7) is 3.48. The quantitative estimate of drug-likeness (QED) is 0.151. The fraction of sp³-hybridized carbons (Fsp3) is 0.243. The normalized spacial score (nSPS) is 13.9. The molecule has 1 aliphatic heterocycles. The predicted molar refractivity (Wildman–Crippen MR) is 202 cm³/mol. The van der Waals surface area contributed by atoms with Crippen LogP contribution in [0.15, 0.2) is 89.3 Å². The molecular formula is C37H34ClF3N5O6S2-. The van der Waals surface area contributed by atoms with Crippen LogP contribution in [0.3, 0.4) is 0 Å². The van der Waals surface area contributed by atoms with Crippen LogP contribution in [0.25, 0.3) is 26.7 Å². The van der Waals surface area contributed by atoms with Crippen LogP contribution in [0.4, 0.5) is 18.9 Å². The highest BCUT2D eigenvalue weighted by Crippen LogP contribution is 2.35. The molecule has 3 aromatic carbocycles. The third-order valence-corrected chi connectivity index (χ3v) is 11.6. The molecule has 0 bridgehead atoms. The summed E-state index contributed by atoms with van der Waals surface area (Å²) in [5, 5.41) is 2.23. The number of carbonyl (C=O) groups excluding carboxylic acids is 1. The van der Waals surface area contributed by atoms with Crippen molar-refractivity contribution in [3.05, 3.63) is 113 Å². The summed E-state index contributed by atoms with van der Waals surface area (Å²) in [7, 11) is -2.28. The van der Waals surface area contributed by atoms with Gasteiger partial charge in [0.05, 0.1) is 5.52 Å². The molecule has 284 valence electrons. The Balaban J connectivity index is 0.000000276. The summed E-state index contributed by atoms with van der Waals surface area (Å²) in [6.07, 6.45) is -2.95. The van der Waals surface area contributed by atoms with Crippen LogP contribution in [-0.2, 0) is 23.7 Å². The first-order chi connectivity index (χ1) is 25.5. The molecule has 1 amide bonds. The third kappa shape index (κ3) is 9.43. The lowest BCUT2D eigenvalue weighted by Gasteiger charge is -2.34. The van der Waals surface area contributed by atoms with Gasteiger partial charge in [-0.05, 0) is 78.0 Å². The minimum atomic E-state index is -4.37. The zero-order chi connectivity index (χ0) is 38.8. The first-order valence-electron chi connectivity index (χ1n) is 16.5. The standard InChI is InChI=1S/C28H27F3N5O3.C9H7ClO3S2/c1-34-24-15-23(39-26-9-5-21(32)16-33-26)8-4-20(24)14-25(34)27(37)36-12-10-35(11-13-36)17-19-2-6-22(7-3-19)38-18-28(29,30)31;1-5-7-4-6(10)2-3-8(7)14-9(5)15(11,12)13/h2-9,14-16,32H,10-13,17-18H2,1H3;2-4H,1H3,(H,11,12,13)/q-1;. The van der Waals surface area contributed by atoms with Gasteiger partial charge in [-0.2, -0.15) is 21.6 Å². The van der Waals surface area contributed by atoms with Crippen LogP contribution in [0, 0.1) is 6.92 Å². The minimum Gasteiger partial charge on any atom is -0.697 e. The van der Waals surface area contributed by atoms with Crippen LogP contribution >= 0.6 is 22.9 Å². The zero-order valence-electron chi connectivity index (χ0n) is 28.9. The van der Waals surface area contributed by atoms with Gasteiger partial charge in [-0.1, -0.05) is 29.8 Å². The zero-order valence-corrected chi connectivity index (χ0v) is 31.3. The van der Waals surface area contributed by atoms with E-state index in [1.807, 2.05) is 40.8 Å². The second-order valence-corrected chi connectivity index (χ2v) is 15.6. The number of fused-ring (bicyclic) bond motifs is 2.